The molecule has 0 spiro atoms. The van der Waals surface area contributed by atoms with Crippen molar-refractivity contribution in [2.75, 3.05) is 12.4 Å². The Labute approximate surface area is 130 Å². The van der Waals surface area contributed by atoms with Gasteiger partial charge in [0.15, 0.2) is 0 Å². The lowest BCUT2D eigenvalue weighted by molar-refractivity contribution is -0.125. The second kappa shape index (κ2) is 5.74. The van der Waals surface area contributed by atoms with Crippen LogP contribution in [0.25, 0.3) is 11.0 Å². The summed E-state index contributed by atoms with van der Waals surface area (Å²) in [6.45, 7) is 0.760. The van der Waals surface area contributed by atoms with Crippen LogP contribution in [0.2, 0.25) is 0 Å². The van der Waals surface area contributed by atoms with Gasteiger partial charge in [-0.3, -0.25) is 4.79 Å². The molecule has 1 aromatic heterocycles. The van der Waals surface area contributed by atoms with Crippen LogP contribution >= 0.6 is 27.5 Å². The largest absolute Gasteiger partial charge is 0.354 e. The van der Waals surface area contributed by atoms with Crippen LogP contribution in [-0.2, 0) is 11.2 Å². The summed E-state index contributed by atoms with van der Waals surface area (Å²) >= 11 is 9.37. The van der Waals surface area contributed by atoms with Crippen molar-refractivity contribution in [3.8, 4) is 0 Å². The highest BCUT2D eigenvalue weighted by molar-refractivity contribution is 9.10. The maximum atomic E-state index is 12.2. The molecule has 1 aromatic carbocycles. The Morgan fingerprint density at radius 2 is 2.35 bits per heavy atom. The van der Waals surface area contributed by atoms with Crippen molar-refractivity contribution in [1.82, 2.24) is 14.9 Å². The van der Waals surface area contributed by atoms with Crippen LogP contribution in [0.4, 0.5) is 0 Å². The Bertz CT molecular complexity index is 655. The lowest BCUT2D eigenvalue weighted by atomic mass is 10.1. The van der Waals surface area contributed by atoms with E-state index >= 15 is 0 Å². The van der Waals surface area contributed by atoms with E-state index in [1.54, 1.807) is 0 Å². The fourth-order valence-electron chi connectivity index (χ4n) is 2.73. The number of aryl methyl sites for hydroxylation is 1. The number of aromatic nitrogens is 2. The van der Waals surface area contributed by atoms with Crippen LogP contribution < -0.4 is 5.32 Å². The van der Waals surface area contributed by atoms with Crippen molar-refractivity contribution in [1.29, 1.82) is 0 Å². The first-order valence-corrected chi connectivity index (χ1v) is 8.03. The van der Waals surface area contributed by atoms with E-state index in [9.17, 15) is 4.79 Å². The third-order valence-corrected chi connectivity index (χ3v) is 4.29. The van der Waals surface area contributed by atoms with Gasteiger partial charge in [0, 0.05) is 23.3 Å². The molecule has 0 aliphatic carbocycles. The zero-order chi connectivity index (χ0) is 14.1. The van der Waals surface area contributed by atoms with Gasteiger partial charge >= 0.3 is 0 Å². The molecular formula is C14H15BrClN3O. The second-order valence-corrected chi connectivity index (χ2v) is 6.21. The van der Waals surface area contributed by atoms with Gasteiger partial charge in [0.25, 0.3) is 0 Å². The van der Waals surface area contributed by atoms with E-state index in [4.69, 9.17) is 11.6 Å². The number of alkyl halides is 1. The maximum absolute atomic E-state index is 12.2. The number of carbonyl (C=O) groups excluding carboxylic acids is 1. The van der Waals surface area contributed by atoms with Gasteiger partial charge in [-0.25, -0.2) is 4.98 Å². The summed E-state index contributed by atoms with van der Waals surface area (Å²) in [5.74, 6) is 1.46. The smallest absolute Gasteiger partial charge is 0.243 e. The molecule has 1 atom stereocenters. The van der Waals surface area contributed by atoms with Gasteiger partial charge in [0.2, 0.25) is 5.91 Å². The molecule has 1 aliphatic rings. The summed E-state index contributed by atoms with van der Waals surface area (Å²) in [7, 11) is 0. The first-order chi connectivity index (χ1) is 9.70. The topological polar surface area (TPSA) is 46.9 Å². The average molecular weight is 357 g/mol. The van der Waals surface area contributed by atoms with Crippen molar-refractivity contribution >= 4 is 44.5 Å². The summed E-state index contributed by atoms with van der Waals surface area (Å²) < 4.78 is 3.04. The molecule has 1 amide bonds. The number of piperidine rings is 1. The lowest BCUT2D eigenvalue weighted by Gasteiger charge is -2.25. The van der Waals surface area contributed by atoms with E-state index in [2.05, 4.69) is 30.8 Å². The molecule has 6 heteroatoms. The Balaban J connectivity index is 2.16. The molecule has 1 fully saturated rings. The van der Waals surface area contributed by atoms with E-state index in [-0.39, 0.29) is 11.9 Å². The number of nitrogens with one attached hydrogen (secondary N) is 1. The molecule has 1 aliphatic heterocycles. The first kappa shape index (κ1) is 13.9. The van der Waals surface area contributed by atoms with Gasteiger partial charge < -0.3 is 9.88 Å². The minimum absolute atomic E-state index is 0.0753. The van der Waals surface area contributed by atoms with Crippen LogP contribution in [0, 0.1) is 0 Å². The third-order valence-electron chi connectivity index (χ3n) is 3.61. The molecule has 1 saturated heterocycles. The third kappa shape index (κ3) is 2.44. The molecule has 1 unspecified atom stereocenters. The fourth-order valence-corrected chi connectivity index (χ4v) is 3.24. The van der Waals surface area contributed by atoms with E-state index < -0.39 is 0 Å². The number of carbonyl (C=O) groups is 1. The molecule has 2 heterocycles. The van der Waals surface area contributed by atoms with Crippen molar-refractivity contribution in [2.24, 2.45) is 0 Å². The standard InChI is InChI=1S/C14H15BrClN3O/c15-9-3-4-10-12(8-9)19(13(18-10)5-6-16)11-2-1-7-17-14(11)20/h3-4,8,11H,1-2,5-7H2,(H,17,20). The van der Waals surface area contributed by atoms with Gasteiger partial charge in [-0.05, 0) is 31.0 Å². The summed E-state index contributed by atoms with van der Waals surface area (Å²) in [6, 6.07) is 5.77. The van der Waals surface area contributed by atoms with Crippen molar-refractivity contribution in [2.45, 2.75) is 25.3 Å². The Morgan fingerprint density at radius 3 is 3.10 bits per heavy atom. The van der Waals surface area contributed by atoms with Crippen LogP contribution in [0.1, 0.15) is 24.7 Å². The molecule has 0 saturated carbocycles. The average Bonchev–Trinajstić information content (AvgIpc) is 2.77. The second-order valence-electron chi connectivity index (χ2n) is 4.92. The summed E-state index contributed by atoms with van der Waals surface area (Å²) in [5, 5.41) is 2.94. The molecule has 0 radical (unpaired) electrons. The van der Waals surface area contributed by atoms with Crippen LogP contribution in [0.5, 0.6) is 0 Å². The lowest BCUT2D eigenvalue weighted by Crippen LogP contribution is -2.38. The van der Waals surface area contributed by atoms with Crippen molar-refractivity contribution < 1.29 is 4.79 Å². The number of fused-ring (bicyclic) bond motifs is 1. The predicted octanol–water partition coefficient (Wildman–Crippen LogP) is 3.03. The highest BCUT2D eigenvalue weighted by atomic mass is 79.9. The molecule has 20 heavy (non-hydrogen) atoms. The Kier molecular flexibility index (Phi) is 3.98. The first-order valence-electron chi connectivity index (χ1n) is 6.71. The number of hydrogen-bond acceptors (Lipinski definition) is 2. The Hall–Kier alpha value is -1.07. The number of rotatable bonds is 3. The predicted molar refractivity (Wildman–Crippen MR) is 83.1 cm³/mol. The van der Waals surface area contributed by atoms with Crippen molar-refractivity contribution in [3.05, 3.63) is 28.5 Å². The van der Waals surface area contributed by atoms with Gasteiger partial charge in [-0.1, -0.05) is 15.9 Å². The zero-order valence-corrected chi connectivity index (χ0v) is 13.2. The molecule has 4 nitrogen and oxygen atoms in total. The minimum Gasteiger partial charge on any atom is -0.354 e. The molecule has 106 valence electrons. The number of halogens is 2. The number of benzene rings is 1. The molecule has 2 aromatic rings. The maximum Gasteiger partial charge on any atom is 0.243 e. The number of hydrogen-bond donors (Lipinski definition) is 1. The van der Waals surface area contributed by atoms with E-state index in [0.717, 1.165) is 40.7 Å². The highest BCUT2D eigenvalue weighted by Crippen LogP contribution is 2.28. The molecular weight excluding hydrogens is 342 g/mol. The van der Waals surface area contributed by atoms with Gasteiger partial charge in [0.05, 0.1) is 11.0 Å². The van der Waals surface area contributed by atoms with E-state index in [1.165, 1.54) is 0 Å². The molecule has 0 bridgehead atoms. The Morgan fingerprint density at radius 1 is 1.50 bits per heavy atom. The number of amides is 1. The monoisotopic (exact) mass is 355 g/mol. The van der Waals surface area contributed by atoms with E-state index in [1.807, 2.05) is 18.2 Å². The quantitative estimate of drug-likeness (QED) is 0.859. The number of imidazole rings is 1. The highest BCUT2D eigenvalue weighted by Gasteiger charge is 2.27. The summed E-state index contributed by atoms with van der Waals surface area (Å²) in [4.78, 5) is 16.8. The molecule has 1 N–H and O–H groups in total. The van der Waals surface area contributed by atoms with Gasteiger partial charge in [0.1, 0.15) is 11.9 Å². The summed E-state index contributed by atoms with van der Waals surface area (Å²) in [5.41, 5.74) is 1.90. The molecule has 3 rings (SSSR count). The van der Waals surface area contributed by atoms with Crippen LogP contribution in [0.15, 0.2) is 22.7 Å². The fraction of sp³-hybridized carbons (Fsp3) is 0.429. The summed E-state index contributed by atoms with van der Waals surface area (Å²) in [6.07, 6.45) is 2.50. The van der Waals surface area contributed by atoms with Crippen LogP contribution in [-0.4, -0.2) is 27.9 Å². The number of nitrogens with zero attached hydrogens (tertiary/aromatic N) is 2. The van der Waals surface area contributed by atoms with Gasteiger partial charge in [-0.15, -0.1) is 11.6 Å². The van der Waals surface area contributed by atoms with E-state index in [0.29, 0.717) is 12.3 Å². The van der Waals surface area contributed by atoms with Crippen molar-refractivity contribution in [3.63, 3.8) is 0 Å². The SMILES string of the molecule is O=C1NCCCC1n1c(CCCl)nc2ccc(Br)cc21. The zero-order valence-electron chi connectivity index (χ0n) is 10.9. The van der Waals surface area contributed by atoms with Gasteiger partial charge in [-0.2, -0.15) is 0 Å². The minimum atomic E-state index is -0.179. The van der Waals surface area contributed by atoms with Crippen LogP contribution in [0.3, 0.4) is 0 Å². The normalized spacial score (nSPS) is 19.3.